The third-order valence-electron chi connectivity index (χ3n) is 5.05. The van der Waals surface area contributed by atoms with Crippen LogP contribution >= 0.6 is 15.9 Å². The van der Waals surface area contributed by atoms with E-state index in [1.807, 2.05) is 6.92 Å². The highest BCUT2D eigenvalue weighted by Gasteiger charge is 2.27. The van der Waals surface area contributed by atoms with Crippen molar-refractivity contribution in [3.63, 3.8) is 0 Å². The van der Waals surface area contributed by atoms with Gasteiger partial charge in [0.15, 0.2) is 0 Å². The molecule has 1 amide bonds. The first kappa shape index (κ1) is 21.7. The molecule has 1 fully saturated rings. The number of benzene rings is 2. The lowest BCUT2D eigenvalue weighted by Crippen LogP contribution is -2.40. The average Bonchev–Trinajstić information content (AvgIpc) is 2.97. The summed E-state index contributed by atoms with van der Waals surface area (Å²) in [4.78, 5) is 23.4. The molecule has 0 saturated carbocycles. The van der Waals surface area contributed by atoms with Crippen LogP contribution in [-0.2, 0) is 14.8 Å². The van der Waals surface area contributed by atoms with E-state index in [9.17, 15) is 13.2 Å². The van der Waals surface area contributed by atoms with E-state index in [1.54, 1.807) is 35.2 Å². The van der Waals surface area contributed by atoms with Gasteiger partial charge in [0.25, 0.3) is 15.9 Å². The van der Waals surface area contributed by atoms with Gasteiger partial charge in [-0.3, -0.25) is 19.5 Å². The topological polar surface area (TPSA) is 101 Å². The molecular weight excluding hydrogens is 484 g/mol. The van der Waals surface area contributed by atoms with Gasteiger partial charge in [-0.15, -0.1) is 0 Å². The van der Waals surface area contributed by atoms with E-state index >= 15 is 0 Å². The summed E-state index contributed by atoms with van der Waals surface area (Å²) in [5, 5.41) is 0. The smallest absolute Gasteiger partial charge is 0.264 e. The molecule has 1 aliphatic heterocycles. The normalized spacial score (nSPS) is 17.4. The fourth-order valence-corrected chi connectivity index (χ4v) is 5.13. The Bertz CT molecular complexity index is 1230. The predicted octanol–water partition coefficient (Wildman–Crippen LogP) is 3.44. The minimum absolute atomic E-state index is 0.00647. The van der Waals surface area contributed by atoms with E-state index in [1.165, 1.54) is 18.5 Å². The zero-order valence-electron chi connectivity index (χ0n) is 16.8. The number of fused-ring (bicyclic) bond motifs is 1. The monoisotopic (exact) mass is 504 g/mol. The quantitative estimate of drug-likeness (QED) is 0.583. The van der Waals surface area contributed by atoms with Crippen LogP contribution in [0.3, 0.4) is 0 Å². The number of anilines is 1. The Kier molecular flexibility index (Phi) is 6.22. The van der Waals surface area contributed by atoms with E-state index in [0.29, 0.717) is 29.7 Å². The third kappa shape index (κ3) is 4.56. The molecule has 3 aromatic rings. The number of rotatable bonds is 4. The summed E-state index contributed by atoms with van der Waals surface area (Å²) >= 11 is 3.37. The molecule has 4 rings (SSSR count). The molecule has 10 heteroatoms. The predicted molar refractivity (Wildman–Crippen MR) is 120 cm³/mol. The average molecular weight is 505 g/mol. The Morgan fingerprint density at radius 3 is 2.87 bits per heavy atom. The fourth-order valence-electron chi connectivity index (χ4n) is 3.53. The zero-order chi connectivity index (χ0) is 22.0. The zero-order valence-corrected chi connectivity index (χ0v) is 19.2. The number of amides is 1. The Hall–Kier alpha value is -2.56. The van der Waals surface area contributed by atoms with Gasteiger partial charge in [-0.1, -0.05) is 22.0 Å². The SMILES string of the molecule is C[C@@H]1COCCCN1C(=O)c1ccc(Br)cc1NS(=O)(=O)c1cccc2nccnc12. The lowest BCUT2D eigenvalue weighted by Gasteiger charge is -2.27. The lowest BCUT2D eigenvalue weighted by molar-refractivity contribution is 0.0634. The van der Waals surface area contributed by atoms with Gasteiger partial charge >= 0.3 is 0 Å². The molecule has 8 nitrogen and oxygen atoms in total. The van der Waals surface area contributed by atoms with Gasteiger partial charge in [0, 0.05) is 30.0 Å². The van der Waals surface area contributed by atoms with E-state index in [-0.39, 0.29) is 33.6 Å². The van der Waals surface area contributed by atoms with Crippen molar-refractivity contribution in [2.24, 2.45) is 0 Å². The first-order valence-corrected chi connectivity index (χ1v) is 12.1. The van der Waals surface area contributed by atoms with Crippen molar-refractivity contribution in [1.82, 2.24) is 14.9 Å². The molecule has 1 saturated heterocycles. The molecule has 0 radical (unpaired) electrons. The Morgan fingerprint density at radius 2 is 2.03 bits per heavy atom. The molecular formula is C21H21BrN4O4S. The van der Waals surface area contributed by atoms with Crippen LogP contribution in [0, 0.1) is 0 Å². The van der Waals surface area contributed by atoms with E-state index in [4.69, 9.17) is 4.74 Å². The summed E-state index contributed by atoms with van der Waals surface area (Å²) in [7, 11) is -4.03. The van der Waals surface area contributed by atoms with Crippen molar-refractivity contribution in [1.29, 1.82) is 0 Å². The molecule has 31 heavy (non-hydrogen) atoms. The number of ether oxygens (including phenoxy) is 1. The van der Waals surface area contributed by atoms with Crippen LogP contribution in [0.4, 0.5) is 5.69 Å². The number of halogens is 1. The molecule has 1 aromatic heterocycles. The summed E-state index contributed by atoms with van der Waals surface area (Å²) < 4.78 is 35.3. The van der Waals surface area contributed by atoms with E-state index in [2.05, 4.69) is 30.6 Å². The van der Waals surface area contributed by atoms with Crippen molar-refractivity contribution in [3.8, 4) is 0 Å². The first-order chi connectivity index (χ1) is 14.9. The van der Waals surface area contributed by atoms with Gasteiger partial charge in [-0.2, -0.15) is 0 Å². The Morgan fingerprint density at radius 1 is 1.23 bits per heavy atom. The van der Waals surface area contributed by atoms with Crippen LogP contribution in [0.5, 0.6) is 0 Å². The maximum Gasteiger partial charge on any atom is 0.264 e. The van der Waals surface area contributed by atoms with Crippen LogP contribution in [0.25, 0.3) is 11.0 Å². The van der Waals surface area contributed by atoms with Crippen LogP contribution in [-0.4, -0.2) is 55.0 Å². The molecule has 0 aliphatic carbocycles. The highest BCUT2D eigenvalue weighted by Crippen LogP contribution is 2.28. The number of hydrogen-bond donors (Lipinski definition) is 1. The number of nitrogens with zero attached hydrogens (tertiary/aromatic N) is 3. The second-order valence-corrected chi connectivity index (χ2v) is 9.82. The molecule has 1 aliphatic rings. The number of para-hydroxylation sites is 1. The standard InChI is InChI=1S/C21H21BrN4O4S/c1-14-13-30-11-3-10-26(14)21(27)16-7-6-15(22)12-18(16)25-31(28,29)19-5-2-4-17-20(19)24-9-8-23-17/h2,4-9,12,14,25H,3,10-11,13H2,1H3/t14-/m1/s1. The summed E-state index contributed by atoms with van der Waals surface area (Å²) in [6.45, 7) is 3.50. The molecule has 2 heterocycles. The van der Waals surface area contributed by atoms with Crippen LogP contribution in [0.15, 0.2) is 58.2 Å². The van der Waals surface area contributed by atoms with Crippen LogP contribution < -0.4 is 4.72 Å². The van der Waals surface area contributed by atoms with Gasteiger partial charge in [-0.25, -0.2) is 8.42 Å². The van der Waals surface area contributed by atoms with Crippen molar-refractivity contribution >= 4 is 48.6 Å². The van der Waals surface area contributed by atoms with Crippen molar-refractivity contribution in [3.05, 3.63) is 58.8 Å². The third-order valence-corrected chi connectivity index (χ3v) is 6.94. The van der Waals surface area contributed by atoms with Crippen molar-refractivity contribution in [2.75, 3.05) is 24.5 Å². The van der Waals surface area contributed by atoms with Crippen LogP contribution in [0.1, 0.15) is 23.7 Å². The maximum absolute atomic E-state index is 13.3. The van der Waals surface area contributed by atoms with E-state index < -0.39 is 10.0 Å². The maximum atomic E-state index is 13.3. The molecule has 162 valence electrons. The largest absolute Gasteiger partial charge is 0.379 e. The number of hydrogen-bond acceptors (Lipinski definition) is 6. The minimum atomic E-state index is -4.03. The highest BCUT2D eigenvalue weighted by molar-refractivity contribution is 9.10. The van der Waals surface area contributed by atoms with Gasteiger partial charge in [-0.05, 0) is 43.7 Å². The summed E-state index contributed by atoms with van der Waals surface area (Å²) in [6.07, 6.45) is 3.67. The number of sulfonamides is 1. The second kappa shape index (κ2) is 8.89. The fraction of sp³-hybridized carbons (Fsp3) is 0.286. The Labute approximate surface area is 188 Å². The van der Waals surface area contributed by atoms with Crippen LogP contribution in [0.2, 0.25) is 0 Å². The van der Waals surface area contributed by atoms with Gasteiger partial charge in [0.05, 0.1) is 29.4 Å². The second-order valence-electron chi connectivity index (χ2n) is 7.25. The number of nitrogens with one attached hydrogen (secondary N) is 1. The van der Waals surface area contributed by atoms with Gasteiger partial charge < -0.3 is 9.64 Å². The summed E-state index contributed by atoms with van der Waals surface area (Å²) in [5.41, 5.74) is 1.19. The number of aromatic nitrogens is 2. The number of carbonyl (C=O) groups is 1. The van der Waals surface area contributed by atoms with E-state index in [0.717, 1.165) is 6.42 Å². The highest BCUT2D eigenvalue weighted by atomic mass is 79.9. The minimum Gasteiger partial charge on any atom is -0.379 e. The van der Waals surface area contributed by atoms with Gasteiger partial charge in [0.2, 0.25) is 0 Å². The molecule has 0 spiro atoms. The summed E-state index contributed by atoms with van der Waals surface area (Å²) in [5.74, 6) is -0.249. The molecule has 1 N–H and O–H groups in total. The molecule has 2 aromatic carbocycles. The summed E-state index contributed by atoms with van der Waals surface area (Å²) in [6, 6.07) is 9.57. The van der Waals surface area contributed by atoms with Crippen molar-refractivity contribution < 1.29 is 17.9 Å². The molecule has 1 atom stereocenters. The molecule has 0 bridgehead atoms. The molecule has 0 unspecified atom stereocenters. The number of carbonyl (C=O) groups excluding carboxylic acids is 1. The first-order valence-electron chi connectivity index (χ1n) is 9.77. The Balaban J connectivity index is 1.73. The lowest BCUT2D eigenvalue weighted by atomic mass is 10.1. The van der Waals surface area contributed by atoms with Crippen molar-refractivity contribution in [2.45, 2.75) is 24.3 Å². The van der Waals surface area contributed by atoms with Gasteiger partial charge in [0.1, 0.15) is 10.4 Å².